The molecular formula is C18H28BN. The van der Waals surface area contributed by atoms with Crippen molar-refractivity contribution in [3.8, 4) is 0 Å². The highest BCUT2D eigenvalue weighted by Crippen LogP contribution is 2.43. The van der Waals surface area contributed by atoms with Crippen molar-refractivity contribution in [3.05, 3.63) is 44.4 Å². The van der Waals surface area contributed by atoms with E-state index in [0.29, 0.717) is 11.8 Å². The Morgan fingerprint density at radius 2 is 0.950 bits per heavy atom. The summed E-state index contributed by atoms with van der Waals surface area (Å²) in [5.41, 5.74) is 18.3. The van der Waals surface area contributed by atoms with E-state index in [1.54, 1.807) is 0 Å². The first-order valence-corrected chi connectivity index (χ1v) is 7.72. The maximum absolute atomic E-state index is 6.73. The van der Waals surface area contributed by atoms with Crippen molar-refractivity contribution >= 4 is 6.85 Å². The van der Waals surface area contributed by atoms with Crippen LogP contribution in [-0.4, -0.2) is 6.85 Å². The van der Waals surface area contributed by atoms with Crippen LogP contribution in [0, 0.1) is 11.8 Å². The average Bonchev–Trinajstić information content (AvgIpc) is 2.71. The van der Waals surface area contributed by atoms with Gasteiger partial charge in [-0.1, -0.05) is 47.1 Å². The summed E-state index contributed by atoms with van der Waals surface area (Å²) in [6.45, 7) is 18.1. The van der Waals surface area contributed by atoms with Gasteiger partial charge in [0.25, 0.3) is 6.85 Å². The van der Waals surface area contributed by atoms with Crippen LogP contribution in [0.4, 0.5) is 0 Å². The third kappa shape index (κ3) is 1.97. The van der Waals surface area contributed by atoms with E-state index in [4.69, 9.17) is 5.64 Å². The second-order valence-corrected chi connectivity index (χ2v) is 6.70. The van der Waals surface area contributed by atoms with E-state index in [1.807, 2.05) is 0 Å². The van der Waals surface area contributed by atoms with Gasteiger partial charge in [-0.15, -0.1) is 0 Å². The van der Waals surface area contributed by atoms with E-state index in [9.17, 15) is 0 Å². The molecule has 2 atom stereocenters. The van der Waals surface area contributed by atoms with Gasteiger partial charge < -0.3 is 5.64 Å². The lowest BCUT2D eigenvalue weighted by molar-refractivity contribution is 0.829. The minimum Gasteiger partial charge on any atom is -0.362 e. The summed E-state index contributed by atoms with van der Waals surface area (Å²) >= 11 is 0. The van der Waals surface area contributed by atoms with Gasteiger partial charge in [0, 0.05) is 0 Å². The minimum absolute atomic E-state index is 0.0693. The quantitative estimate of drug-likeness (QED) is 0.727. The molecule has 108 valence electrons. The van der Waals surface area contributed by atoms with E-state index >= 15 is 0 Å². The second-order valence-electron chi connectivity index (χ2n) is 6.70. The van der Waals surface area contributed by atoms with Gasteiger partial charge in [-0.05, 0) is 64.5 Å². The second kappa shape index (κ2) is 5.07. The van der Waals surface area contributed by atoms with E-state index in [2.05, 4.69) is 55.4 Å². The summed E-state index contributed by atoms with van der Waals surface area (Å²) in [4.78, 5) is 0. The molecule has 0 aromatic heterocycles. The fourth-order valence-corrected chi connectivity index (χ4v) is 3.96. The van der Waals surface area contributed by atoms with Crippen LogP contribution in [0.25, 0.3) is 0 Å². The van der Waals surface area contributed by atoms with Crippen molar-refractivity contribution in [3.63, 3.8) is 0 Å². The van der Waals surface area contributed by atoms with Crippen molar-refractivity contribution in [2.24, 2.45) is 17.5 Å². The molecule has 2 heteroatoms. The molecule has 2 N–H and O–H groups in total. The van der Waals surface area contributed by atoms with E-state index in [-0.39, 0.29) is 6.85 Å². The van der Waals surface area contributed by atoms with Crippen LogP contribution in [0.15, 0.2) is 44.4 Å². The molecule has 0 spiro atoms. The topological polar surface area (TPSA) is 26.0 Å². The Morgan fingerprint density at radius 3 is 1.15 bits per heavy atom. The highest BCUT2D eigenvalue weighted by Gasteiger charge is 2.37. The largest absolute Gasteiger partial charge is 0.362 e. The van der Waals surface area contributed by atoms with Crippen LogP contribution >= 0.6 is 0 Å². The van der Waals surface area contributed by atoms with Gasteiger partial charge >= 0.3 is 0 Å². The zero-order valence-corrected chi connectivity index (χ0v) is 14.3. The van der Waals surface area contributed by atoms with E-state index < -0.39 is 0 Å². The van der Waals surface area contributed by atoms with Crippen LogP contribution in [0.1, 0.15) is 55.4 Å². The van der Waals surface area contributed by atoms with Gasteiger partial charge in [0.15, 0.2) is 0 Å². The lowest BCUT2D eigenvalue weighted by Gasteiger charge is -2.23. The third-order valence-electron chi connectivity index (χ3n) is 6.08. The Hall–Kier alpha value is -1.02. The van der Waals surface area contributed by atoms with Crippen molar-refractivity contribution in [1.82, 2.24) is 0 Å². The fraction of sp³-hybridized carbons (Fsp3) is 0.556. The molecule has 2 unspecified atom stereocenters. The van der Waals surface area contributed by atoms with Crippen LogP contribution in [0.3, 0.4) is 0 Å². The minimum atomic E-state index is 0.0693. The predicted molar refractivity (Wildman–Crippen MR) is 90.4 cm³/mol. The first-order chi connectivity index (χ1) is 9.20. The van der Waals surface area contributed by atoms with Crippen LogP contribution in [0.5, 0.6) is 0 Å². The Balaban J connectivity index is 2.44. The Labute approximate surface area is 124 Å². The van der Waals surface area contributed by atoms with Crippen LogP contribution in [-0.2, 0) is 0 Å². The SMILES string of the molecule is CC1=C(C)C(C)C(B(N)C2=C(C)C(C)=C(C)C2C)=C1C. The molecule has 0 aromatic carbocycles. The fourth-order valence-electron chi connectivity index (χ4n) is 3.96. The van der Waals surface area contributed by atoms with Crippen LogP contribution in [0.2, 0.25) is 0 Å². The molecule has 0 radical (unpaired) electrons. The summed E-state index contributed by atoms with van der Waals surface area (Å²) in [5, 5.41) is 0. The zero-order valence-electron chi connectivity index (χ0n) is 14.3. The normalized spacial score (nSPS) is 27.4. The third-order valence-corrected chi connectivity index (χ3v) is 6.08. The molecule has 1 nitrogen and oxygen atoms in total. The molecule has 0 saturated carbocycles. The molecule has 0 saturated heterocycles. The lowest BCUT2D eigenvalue weighted by Crippen LogP contribution is -2.37. The molecule has 2 aliphatic carbocycles. The standard InChI is InChI=1S/C18H28BN/c1-9-10(2)14(6)17(13(9)5)19(20)18-15(7)11(3)12(4)16(18)8/h13,15H,20H2,1-8H3. The van der Waals surface area contributed by atoms with Gasteiger partial charge in [-0.3, -0.25) is 0 Å². The molecule has 0 aromatic rings. The molecule has 0 amide bonds. The maximum Gasteiger partial charge on any atom is 0.280 e. The number of nitrogens with two attached hydrogens (primary N) is 1. The lowest BCUT2D eigenvalue weighted by atomic mass is 9.45. The van der Waals surface area contributed by atoms with Gasteiger partial charge in [0.05, 0.1) is 0 Å². The molecular weight excluding hydrogens is 241 g/mol. The maximum atomic E-state index is 6.73. The number of allylic oxidation sites excluding steroid dienone is 8. The highest BCUT2D eigenvalue weighted by molar-refractivity contribution is 6.72. The van der Waals surface area contributed by atoms with Crippen molar-refractivity contribution in [2.75, 3.05) is 0 Å². The van der Waals surface area contributed by atoms with Gasteiger partial charge in [-0.2, -0.15) is 0 Å². The van der Waals surface area contributed by atoms with Gasteiger partial charge in [-0.25, -0.2) is 0 Å². The Morgan fingerprint density at radius 1 is 0.650 bits per heavy atom. The summed E-state index contributed by atoms with van der Waals surface area (Å²) < 4.78 is 0. The predicted octanol–water partition coefficient (Wildman–Crippen LogP) is 4.62. The molecule has 0 aliphatic heterocycles. The molecule has 20 heavy (non-hydrogen) atoms. The first kappa shape index (κ1) is 15.4. The highest BCUT2D eigenvalue weighted by atomic mass is 14.5. The summed E-state index contributed by atoms with van der Waals surface area (Å²) in [6, 6.07) is 0. The molecule has 0 fully saturated rings. The van der Waals surface area contributed by atoms with Crippen molar-refractivity contribution < 1.29 is 0 Å². The van der Waals surface area contributed by atoms with E-state index in [1.165, 1.54) is 44.4 Å². The van der Waals surface area contributed by atoms with Gasteiger partial charge in [0.1, 0.15) is 0 Å². The first-order valence-electron chi connectivity index (χ1n) is 7.72. The monoisotopic (exact) mass is 269 g/mol. The van der Waals surface area contributed by atoms with Crippen molar-refractivity contribution in [2.45, 2.75) is 55.4 Å². The van der Waals surface area contributed by atoms with Gasteiger partial charge in [0.2, 0.25) is 0 Å². The average molecular weight is 269 g/mol. The molecule has 0 heterocycles. The summed E-state index contributed by atoms with van der Waals surface area (Å²) in [5.74, 6) is 0.970. The molecule has 2 aliphatic rings. The molecule has 2 rings (SSSR count). The molecule has 0 bridgehead atoms. The smallest absolute Gasteiger partial charge is 0.280 e. The zero-order chi connectivity index (χ0) is 15.4. The van der Waals surface area contributed by atoms with E-state index in [0.717, 1.165) is 0 Å². The Kier molecular flexibility index (Phi) is 3.90. The number of hydrogen-bond donors (Lipinski definition) is 1. The Bertz CT molecular complexity index is 535. The summed E-state index contributed by atoms with van der Waals surface area (Å²) in [7, 11) is 0. The number of rotatable bonds is 2. The summed E-state index contributed by atoms with van der Waals surface area (Å²) in [6.07, 6.45) is 0. The van der Waals surface area contributed by atoms with Crippen LogP contribution < -0.4 is 5.64 Å². The number of hydrogen-bond acceptors (Lipinski definition) is 1. The van der Waals surface area contributed by atoms with Crippen molar-refractivity contribution in [1.29, 1.82) is 0 Å².